The summed E-state index contributed by atoms with van der Waals surface area (Å²) < 4.78 is 20.6. The van der Waals surface area contributed by atoms with Gasteiger partial charge in [-0.15, -0.1) is 0 Å². The van der Waals surface area contributed by atoms with E-state index in [2.05, 4.69) is 29.2 Å². The molecule has 4 aromatic rings. The number of nitrogens with one attached hydrogen (secondary N) is 1. The van der Waals surface area contributed by atoms with Crippen molar-refractivity contribution in [2.24, 2.45) is 11.8 Å². The summed E-state index contributed by atoms with van der Waals surface area (Å²) in [7, 11) is 1.64. The fraction of sp³-hybridized carbons (Fsp3) is 0.361. The zero-order chi connectivity index (χ0) is 30.7. The number of hydrogen-bond donors (Lipinski definition) is 1. The van der Waals surface area contributed by atoms with Crippen LogP contribution in [-0.2, 0) is 19.9 Å². The van der Waals surface area contributed by atoms with E-state index in [1.165, 1.54) is 4.57 Å². The average Bonchev–Trinajstić information content (AvgIpc) is 3.48. The van der Waals surface area contributed by atoms with E-state index >= 15 is 0 Å². The molecule has 1 saturated carbocycles. The van der Waals surface area contributed by atoms with Crippen molar-refractivity contribution >= 4 is 5.78 Å². The van der Waals surface area contributed by atoms with E-state index in [0.29, 0.717) is 18.4 Å². The number of rotatable bonds is 9. The Morgan fingerprint density at radius 2 is 1.52 bits per heavy atom. The number of hydrogen-bond acceptors (Lipinski definition) is 6. The van der Waals surface area contributed by atoms with Crippen LogP contribution in [-0.4, -0.2) is 35.2 Å². The van der Waals surface area contributed by atoms with Gasteiger partial charge < -0.3 is 14.2 Å². The van der Waals surface area contributed by atoms with E-state index in [1.807, 2.05) is 60.7 Å². The summed E-state index contributed by atoms with van der Waals surface area (Å²) >= 11 is 0. The first-order valence-electron chi connectivity index (χ1n) is 15.3. The second-order valence-corrected chi connectivity index (χ2v) is 11.8. The largest absolute Gasteiger partial charge is 0.497 e. The zero-order valence-corrected chi connectivity index (χ0v) is 25.1. The molecule has 2 heterocycles. The highest BCUT2D eigenvalue weighted by Gasteiger charge is 2.46. The Morgan fingerprint density at radius 3 is 2.14 bits per heavy atom. The Hall–Kier alpha value is -4.27. The Labute approximate surface area is 256 Å². The summed E-state index contributed by atoms with van der Waals surface area (Å²) in [5, 5.41) is 0. The first kappa shape index (κ1) is 29.8. The quantitative estimate of drug-likeness (QED) is 0.256. The van der Waals surface area contributed by atoms with Gasteiger partial charge in [0.1, 0.15) is 23.4 Å². The molecule has 1 aliphatic carbocycles. The van der Waals surface area contributed by atoms with Crippen LogP contribution in [0.4, 0.5) is 0 Å². The van der Waals surface area contributed by atoms with Crippen molar-refractivity contribution in [2.45, 2.75) is 57.0 Å². The molecule has 2 fully saturated rings. The SMILES string of the molecule is COc1ccc(C(OC[C@@H]2C[C@@H](C3CCCCC3=O)[C@H](n3cc(C)c(=O)[nH]c3=O)O2)(c2ccccc2)c2ccccc2)cc1. The fourth-order valence-corrected chi connectivity index (χ4v) is 6.89. The van der Waals surface area contributed by atoms with Gasteiger partial charge in [0.2, 0.25) is 0 Å². The highest BCUT2D eigenvalue weighted by molar-refractivity contribution is 5.82. The molecule has 1 aromatic heterocycles. The molecule has 6 rings (SSSR count). The lowest BCUT2D eigenvalue weighted by molar-refractivity contribution is -0.129. The molecule has 1 unspecified atom stereocenters. The van der Waals surface area contributed by atoms with Crippen LogP contribution in [0.1, 0.15) is 60.6 Å². The molecule has 44 heavy (non-hydrogen) atoms. The Bertz CT molecular complexity index is 1660. The minimum atomic E-state index is -0.974. The Morgan fingerprint density at radius 1 is 0.886 bits per heavy atom. The van der Waals surface area contributed by atoms with Crippen LogP contribution in [0.15, 0.2) is 101 Å². The van der Waals surface area contributed by atoms with Crippen LogP contribution in [0.3, 0.4) is 0 Å². The van der Waals surface area contributed by atoms with Gasteiger partial charge in [-0.3, -0.25) is 19.1 Å². The lowest BCUT2D eigenvalue weighted by Gasteiger charge is -2.36. The average molecular weight is 595 g/mol. The topological polar surface area (TPSA) is 99.6 Å². The number of ether oxygens (including phenoxy) is 3. The van der Waals surface area contributed by atoms with Crippen molar-refractivity contribution in [3.8, 4) is 5.75 Å². The lowest BCUT2D eigenvalue weighted by atomic mass is 9.77. The Balaban J connectivity index is 1.39. The predicted molar refractivity (Wildman–Crippen MR) is 167 cm³/mol. The summed E-state index contributed by atoms with van der Waals surface area (Å²) in [5.74, 6) is 0.523. The highest BCUT2D eigenvalue weighted by Crippen LogP contribution is 2.45. The standard InChI is InChI=1S/C36H38N2O6/c1-24-22-38(35(41)37-33(24)40)34-31(30-15-9-10-16-32(30)39)21-29(44-34)23-43-36(25-11-5-3-6-12-25,26-13-7-4-8-14-26)27-17-19-28(42-2)20-18-27/h3-8,11-14,17-20,22,29-31,34H,9-10,15-16,21,23H2,1-2H3,(H,37,40,41)/t29-,30?,31-,34+/m0/s1. The number of methoxy groups -OCH3 is 1. The number of H-pyrrole nitrogens is 1. The summed E-state index contributed by atoms with van der Waals surface area (Å²) in [6.45, 7) is 1.87. The van der Waals surface area contributed by atoms with Crippen LogP contribution < -0.4 is 16.0 Å². The van der Waals surface area contributed by atoms with Gasteiger partial charge in [0, 0.05) is 30.0 Å². The molecule has 0 bridgehead atoms. The molecule has 228 valence electrons. The molecule has 0 amide bonds. The molecular formula is C36H38N2O6. The van der Waals surface area contributed by atoms with Gasteiger partial charge in [-0.2, -0.15) is 0 Å². The number of Topliss-reactive ketones (excluding diaryl/α,β-unsaturated/α-hetero) is 1. The van der Waals surface area contributed by atoms with E-state index in [4.69, 9.17) is 14.2 Å². The van der Waals surface area contributed by atoms with Crippen LogP contribution in [0, 0.1) is 18.8 Å². The van der Waals surface area contributed by atoms with Gasteiger partial charge in [0.15, 0.2) is 0 Å². The van der Waals surface area contributed by atoms with Crippen molar-refractivity contribution < 1.29 is 19.0 Å². The van der Waals surface area contributed by atoms with Gasteiger partial charge in [0.05, 0.1) is 19.8 Å². The van der Waals surface area contributed by atoms with E-state index < -0.39 is 29.2 Å². The van der Waals surface area contributed by atoms with E-state index in [9.17, 15) is 14.4 Å². The molecule has 1 N–H and O–H groups in total. The van der Waals surface area contributed by atoms with Crippen molar-refractivity contribution in [1.82, 2.24) is 9.55 Å². The van der Waals surface area contributed by atoms with Gasteiger partial charge in [-0.1, -0.05) is 79.2 Å². The third-order valence-electron chi connectivity index (χ3n) is 9.11. The second-order valence-electron chi connectivity index (χ2n) is 11.8. The zero-order valence-electron chi connectivity index (χ0n) is 25.1. The molecule has 0 radical (unpaired) electrons. The van der Waals surface area contributed by atoms with Crippen molar-refractivity contribution in [3.63, 3.8) is 0 Å². The lowest BCUT2D eigenvalue weighted by Crippen LogP contribution is -2.38. The smallest absolute Gasteiger partial charge is 0.330 e. The second kappa shape index (κ2) is 12.8. The van der Waals surface area contributed by atoms with Crippen molar-refractivity contribution in [1.29, 1.82) is 0 Å². The fourth-order valence-electron chi connectivity index (χ4n) is 6.89. The monoisotopic (exact) mass is 594 g/mol. The normalized spacial score (nSPS) is 22.2. The van der Waals surface area contributed by atoms with Crippen LogP contribution in [0.2, 0.25) is 0 Å². The van der Waals surface area contributed by atoms with Crippen LogP contribution >= 0.6 is 0 Å². The maximum absolute atomic E-state index is 13.2. The highest BCUT2D eigenvalue weighted by atomic mass is 16.6. The molecule has 0 spiro atoms. The van der Waals surface area contributed by atoms with Gasteiger partial charge >= 0.3 is 5.69 Å². The number of ketones is 1. The number of aromatic amines is 1. The summed E-state index contributed by atoms with van der Waals surface area (Å²) in [6, 6.07) is 28.1. The van der Waals surface area contributed by atoms with E-state index in [-0.39, 0.29) is 24.2 Å². The van der Waals surface area contributed by atoms with Crippen LogP contribution in [0.5, 0.6) is 5.75 Å². The van der Waals surface area contributed by atoms with Gasteiger partial charge in [-0.05, 0) is 55.0 Å². The minimum Gasteiger partial charge on any atom is -0.497 e. The molecule has 2 aliphatic rings. The van der Waals surface area contributed by atoms with E-state index in [0.717, 1.165) is 41.7 Å². The van der Waals surface area contributed by atoms with Gasteiger partial charge in [-0.25, -0.2) is 4.79 Å². The number of carbonyl (C=O) groups excluding carboxylic acids is 1. The first-order valence-corrected chi connectivity index (χ1v) is 15.3. The molecule has 8 heteroatoms. The van der Waals surface area contributed by atoms with Crippen LogP contribution in [0.25, 0.3) is 0 Å². The maximum atomic E-state index is 13.2. The molecule has 3 aromatic carbocycles. The molecule has 1 aliphatic heterocycles. The molecule has 1 saturated heterocycles. The van der Waals surface area contributed by atoms with E-state index in [1.54, 1.807) is 20.2 Å². The number of nitrogens with zero attached hydrogens (tertiary/aromatic N) is 1. The van der Waals surface area contributed by atoms with Crippen molar-refractivity contribution in [3.05, 3.63) is 134 Å². The van der Waals surface area contributed by atoms with Crippen molar-refractivity contribution in [2.75, 3.05) is 13.7 Å². The number of aryl methyl sites for hydroxylation is 1. The number of aromatic nitrogens is 2. The first-order chi connectivity index (χ1) is 21.4. The third kappa shape index (κ3) is 5.67. The summed E-state index contributed by atoms with van der Waals surface area (Å²) in [4.78, 5) is 40.8. The maximum Gasteiger partial charge on any atom is 0.330 e. The number of benzene rings is 3. The summed E-state index contributed by atoms with van der Waals surface area (Å²) in [5.41, 5.74) is 1.31. The minimum absolute atomic E-state index is 0.209. The van der Waals surface area contributed by atoms with Gasteiger partial charge in [0.25, 0.3) is 5.56 Å². The third-order valence-corrected chi connectivity index (χ3v) is 9.11. The molecule has 8 nitrogen and oxygen atoms in total. The summed E-state index contributed by atoms with van der Waals surface area (Å²) in [6.07, 6.45) is 4.15. The predicted octanol–water partition coefficient (Wildman–Crippen LogP) is 5.53. The Kier molecular flexibility index (Phi) is 8.64. The molecular weight excluding hydrogens is 556 g/mol. The molecule has 4 atom stereocenters. The number of carbonyl (C=O) groups is 1.